The number of hydrogen-bond acceptors (Lipinski definition) is 4. The lowest BCUT2D eigenvalue weighted by Gasteiger charge is -2.16. The predicted molar refractivity (Wildman–Crippen MR) is 105 cm³/mol. The first-order valence-electron chi connectivity index (χ1n) is 8.27. The van der Waals surface area contributed by atoms with E-state index in [0.717, 1.165) is 28.7 Å². The van der Waals surface area contributed by atoms with E-state index in [1.165, 1.54) is 0 Å². The van der Waals surface area contributed by atoms with Crippen molar-refractivity contribution in [2.24, 2.45) is 0 Å². The van der Waals surface area contributed by atoms with Crippen LogP contribution in [-0.2, 0) is 4.79 Å². The van der Waals surface area contributed by atoms with Gasteiger partial charge >= 0.3 is 0 Å². The van der Waals surface area contributed by atoms with Gasteiger partial charge in [-0.15, -0.1) is 0 Å². The predicted octanol–water partition coefficient (Wildman–Crippen LogP) is 4.60. The van der Waals surface area contributed by atoms with E-state index in [0.29, 0.717) is 28.1 Å². The summed E-state index contributed by atoms with van der Waals surface area (Å²) in [7, 11) is 0. The average molecular weight is 420 g/mol. The number of anilines is 1. The monoisotopic (exact) mass is 419 g/mol. The molecule has 0 radical (unpaired) electrons. The lowest BCUT2D eigenvalue weighted by molar-refractivity contribution is -0.118. The molecule has 0 aliphatic rings. The van der Waals surface area contributed by atoms with Crippen molar-refractivity contribution in [1.29, 1.82) is 0 Å². The Bertz CT molecular complexity index is 810. The van der Waals surface area contributed by atoms with Gasteiger partial charge in [-0.25, -0.2) is 0 Å². The number of hydrogen-bond donors (Lipinski definition) is 1. The second-order valence-corrected chi connectivity index (χ2v) is 6.85. The quantitative estimate of drug-likeness (QED) is 0.665. The molecule has 0 fully saturated rings. The van der Waals surface area contributed by atoms with E-state index in [2.05, 4.69) is 21.2 Å². The van der Waals surface area contributed by atoms with Crippen LogP contribution in [0.25, 0.3) is 0 Å². The van der Waals surface area contributed by atoms with Gasteiger partial charge in [-0.05, 0) is 66.9 Å². The summed E-state index contributed by atoms with van der Waals surface area (Å²) in [6, 6.07) is 7.25. The second-order valence-electron chi connectivity index (χ2n) is 5.99. The highest BCUT2D eigenvalue weighted by atomic mass is 79.9. The maximum atomic E-state index is 12.3. The standard InChI is InChI=1S/C20H22BrNO4/c1-5-25-17-9-15(10-23)8-16(21)20(17)26-11-18(24)22-19-13(3)6-12(2)7-14(19)4/h6-10H,5,11H2,1-4H3,(H,22,24). The summed E-state index contributed by atoms with van der Waals surface area (Å²) >= 11 is 3.36. The van der Waals surface area contributed by atoms with Gasteiger partial charge in [0.15, 0.2) is 18.1 Å². The summed E-state index contributed by atoms with van der Waals surface area (Å²) in [5.74, 6) is 0.540. The molecule has 0 aromatic heterocycles. The first-order valence-corrected chi connectivity index (χ1v) is 9.07. The number of halogens is 1. The minimum atomic E-state index is -0.270. The van der Waals surface area contributed by atoms with Crippen LogP contribution in [0.5, 0.6) is 11.5 Å². The number of rotatable bonds is 7. The third-order valence-corrected chi connectivity index (χ3v) is 4.35. The number of aryl methyl sites for hydroxylation is 3. The molecule has 0 saturated carbocycles. The fourth-order valence-corrected chi connectivity index (χ4v) is 3.32. The molecule has 1 amide bonds. The van der Waals surface area contributed by atoms with E-state index in [1.54, 1.807) is 12.1 Å². The molecule has 0 spiro atoms. The van der Waals surface area contributed by atoms with Crippen LogP contribution < -0.4 is 14.8 Å². The summed E-state index contributed by atoms with van der Waals surface area (Å²) in [5, 5.41) is 2.89. The summed E-state index contributed by atoms with van der Waals surface area (Å²) in [6.07, 6.45) is 0.729. The van der Waals surface area contributed by atoms with E-state index < -0.39 is 0 Å². The molecule has 6 heteroatoms. The molecule has 138 valence electrons. The highest BCUT2D eigenvalue weighted by Gasteiger charge is 2.15. The SMILES string of the molecule is CCOc1cc(C=O)cc(Br)c1OCC(=O)Nc1c(C)cc(C)cc1C. The van der Waals surface area contributed by atoms with Gasteiger partial charge in [-0.2, -0.15) is 0 Å². The van der Waals surface area contributed by atoms with Gasteiger partial charge in [0.05, 0.1) is 11.1 Å². The van der Waals surface area contributed by atoms with E-state index in [-0.39, 0.29) is 12.5 Å². The van der Waals surface area contributed by atoms with Crippen molar-refractivity contribution in [3.8, 4) is 11.5 Å². The van der Waals surface area contributed by atoms with Crippen molar-refractivity contribution in [3.05, 3.63) is 51.0 Å². The number of carbonyl (C=O) groups is 2. The Labute approximate surface area is 161 Å². The molecule has 2 aromatic carbocycles. The third-order valence-electron chi connectivity index (χ3n) is 3.76. The van der Waals surface area contributed by atoms with Crippen molar-refractivity contribution < 1.29 is 19.1 Å². The Morgan fingerprint density at radius 3 is 2.35 bits per heavy atom. The normalized spacial score (nSPS) is 10.3. The topological polar surface area (TPSA) is 64.6 Å². The minimum absolute atomic E-state index is 0.175. The van der Waals surface area contributed by atoms with Crippen molar-refractivity contribution in [2.45, 2.75) is 27.7 Å². The lowest BCUT2D eigenvalue weighted by atomic mass is 10.1. The van der Waals surface area contributed by atoms with Crippen LogP contribution in [0.3, 0.4) is 0 Å². The zero-order valence-corrected chi connectivity index (χ0v) is 16.9. The molecule has 0 atom stereocenters. The van der Waals surface area contributed by atoms with E-state index >= 15 is 0 Å². The van der Waals surface area contributed by atoms with Crippen molar-refractivity contribution in [3.63, 3.8) is 0 Å². The number of benzene rings is 2. The summed E-state index contributed by atoms with van der Waals surface area (Å²) < 4.78 is 11.7. The van der Waals surface area contributed by atoms with Gasteiger partial charge in [0, 0.05) is 11.3 Å². The zero-order chi connectivity index (χ0) is 19.3. The molecule has 2 rings (SSSR count). The molecule has 1 N–H and O–H groups in total. The molecule has 26 heavy (non-hydrogen) atoms. The molecule has 0 saturated heterocycles. The second kappa shape index (κ2) is 8.85. The Morgan fingerprint density at radius 1 is 1.12 bits per heavy atom. The molecular formula is C20H22BrNO4. The van der Waals surface area contributed by atoms with Crippen molar-refractivity contribution >= 4 is 33.8 Å². The van der Waals surface area contributed by atoms with E-state index in [4.69, 9.17) is 9.47 Å². The molecule has 0 aliphatic heterocycles. The van der Waals surface area contributed by atoms with Gasteiger partial charge in [0.1, 0.15) is 6.29 Å². The molecule has 5 nitrogen and oxygen atoms in total. The zero-order valence-electron chi connectivity index (χ0n) is 15.3. The Kier molecular flexibility index (Phi) is 6.80. The first kappa shape index (κ1) is 20.0. The van der Waals surface area contributed by atoms with Crippen molar-refractivity contribution in [1.82, 2.24) is 0 Å². The number of aldehydes is 1. The van der Waals surface area contributed by atoms with Gasteiger partial charge in [0.25, 0.3) is 5.91 Å². The maximum absolute atomic E-state index is 12.3. The Balaban J connectivity index is 2.14. The van der Waals surface area contributed by atoms with Crippen LogP contribution in [-0.4, -0.2) is 25.4 Å². The van der Waals surface area contributed by atoms with Crippen LogP contribution in [0.1, 0.15) is 34.0 Å². The van der Waals surface area contributed by atoms with Crippen LogP contribution in [0.4, 0.5) is 5.69 Å². The fourth-order valence-electron chi connectivity index (χ4n) is 2.75. The van der Waals surface area contributed by atoms with Crippen LogP contribution in [0.15, 0.2) is 28.7 Å². The maximum Gasteiger partial charge on any atom is 0.262 e. The van der Waals surface area contributed by atoms with Crippen LogP contribution in [0.2, 0.25) is 0 Å². The highest BCUT2D eigenvalue weighted by Crippen LogP contribution is 2.36. The third kappa shape index (κ3) is 4.85. The van der Waals surface area contributed by atoms with Crippen LogP contribution >= 0.6 is 15.9 Å². The minimum Gasteiger partial charge on any atom is -0.490 e. The fraction of sp³-hybridized carbons (Fsp3) is 0.300. The van der Waals surface area contributed by atoms with Crippen molar-refractivity contribution in [2.75, 3.05) is 18.5 Å². The summed E-state index contributed by atoms with van der Waals surface area (Å²) in [6.45, 7) is 8.01. The van der Waals surface area contributed by atoms with Crippen LogP contribution in [0, 0.1) is 20.8 Å². The largest absolute Gasteiger partial charge is 0.490 e. The molecule has 0 unspecified atom stereocenters. The number of carbonyl (C=O) groups excluding carboxylic acids is 2. The van der Waals surface area contributed by atoms with Gasteiger partial charge in [-0.1, -0.05) is 17.7 Å². The molecule has 2 aromatic rings. The molecule has 0 aliphatic carbocycles. The van der Waals surface area contributed by atoms with E-state index in [1.807, 2.05) is 39.8 Å². The first-order chi connectivity index (χ1) is 12.3. The molecule has 0 heterocycles. The summed E-state index contributed by atoms with van der Waals surface area (Å²) in [4.78, 5) is 23.3. The highest BCUT2D eigenvalue weighted by molar-refractivity contribution is 9.10. The smallest absolute Gasteiger partial charge is 0.262 e. The number of amides is 1. The van der Waals surface area contributed by atoms with E-state index in [9.17, 15) is 9.59 Å². The number of ether oxygens (including phenoxy) is 2. The Morgan fingerprint density at radius 2 is 1.77 bits per heavy atom. The van der Waals surface area contributed by atoms with Gasteiger partial charge in [0.2, 0.25) is 0 Å². The Hall–Kier alpha value is -2.34. The van der Waals surface area contributed by atoms with Gasteiger partial charge in [-0.3, -0.25) is 9.59 Å². The lowest BCUT2D eigenvalue weighted by Crippen LogP contribution is -2.21. The molecular weight excluding hydrogens is 398 g/mol. The summed E-state index contributed by atoms with van der Waals surface area (Å²) in [5.41, 5.74) is 4.41. The average Bonchev–Trinajstić information content (AvgIpc) is 2.57. The molecule has 0 bridgehead atoms. The number of nitrogens with one attached hydrogen (secondary N) is 1. The van der Waals surface area contributed by atoms with Gasteiger partial charge < -0.3 is 14.8 Å².